The van der Waals surface area contributed by atoms with Crippen molar-refractivity contribution < 1.29 is 9.47 Å². The fraction of sp³-hybridized carbons (Fsp3) is 0.375. The third kappa shape index (κ3) is 3.42. The van der Waals surface area contributed by atoms with E-state index in [-0.39, 0.29) is 0 Å². The summed E-state index contributed by atoms with van der Waals surface area (Å²) in [6.45, 7) is 8.62. The Hall–Kier alpha value is -2.30. The summed E-state index contributed by atoms with van der Waals surface area (Å²) in [5.41, 5.74) is 1.99. The molecule has 0 radical (unpaired) electrons. The average Bonchev–Trinajstić information content (AvgIpc) is 2.45. The van der Waals surface area contributed by atoms with Crippen molar-refractivity contribution in [1.29, 1.82) is 0 Å². The van der Waals surface area contributed by atoms with Crippen LogP contribution >= 0.6 is 0 Å². The Morgan fingerprint density at radius 3 is 2.52 bits per heavy atom. The van der Waals surface area contributed by atoms with Gasteiger partial charge >= 0.3 is 0 Å². The summed E-state index contributed by atoms with van der Waals surface area (Å²) in [6, 6.07) is 5.80. The van der Waals surface area contributed by atoms with Crippen molar-refractivity contribution >= 4 is 5.82 Å². The number of nitrogens with one attached hydrogen (secondary N) is 1. The maximum Gasteiger partial charge on any atom is 0.227 e. The van der Waals surface area contributed by atoms with E-state index in [4.69, 9.17) is 9.47 Å². The number of nitrogens with zero attached hydrogens (tertiary/aromatic N) is 2. The van der Waals surface area contributed by atoms with E-state index in [0.717, 1.165) is 23.5 Å². The van der Waals surface area contributed by atoms with Gasteiger partial charge in [-0.3, -0.25) is 0 Å². The van der Waals surface area contributed by atoms with E-state index >= 15 is 0 Å². The van der Waals surface area contributed by atoms with Gasteiger partial charge in [-0.05, 0) is 45.4 Å². The van der Waals surface area contributed by atoms with E-state index in [1.165, 1.54) is 0 Å². The molecule has 0 unspecified atom stereocenters. The first-order chi connectivity index (χ1) is 10.0. The summed E-state index contributed by atoms with van der Waals surface area (Å²) in [6.07, 6.45) is 0. The van der Waals surface area contributed by atoms with Gasteiger partial charge in [-0.25, -0.2) is 4.98 Å². The third-order valence-corrected chi connectivity index (χ3v) is 3.08. The highest BCUT2D eigenvalue weighted by atomic mass is 16.5. The molecule has 0 amide bonds. The molecule has 2 rings (SSSR count). The van der Waals surface area contributed by atoms with Crippen molar-refractivity contribution in [1.82, 2.24) is 9.97 Å². The molecule has 5 heteroatoms. The predicted molar refractivity (Wildman–Crippen MR) is 83.5 cm³/mol. The van der Waals surface area contributed by atoms with Gasteiger partial charge < -0.3 is 14.8 Å². The molecule has 0 atom stereocenters. The number of rotatable bonds is 5. The van der Waals surface area contributed by atoms with E-state index in [9.17, 15) is 0 Å². The monoisotopic (exact) mass is 287 g/mol. The molecule has 0 aliphatic heterocycles. The Labute approximate surface area is 125 Å². The average molecular weight is 287 g/mol. The van der Waals surface area contributed by atoms with Crippen LogP contribution in [-0.4, -0.2) is 23.6 Å². The van der Waals surface area contributed by atoms with Crippen LogP contribution in [0.5, 0.6) is 17.4 Å². The topological polar surface area (TPSA) is 56.3 Å². The van der Waals surface area contributed by atoms with Gasteiger partial charge in [-0.1, -0.05) is 6.07 Å². The molecule has 0 bridgehead atoms. The number of hydrogen-bond acceptors (Lipinski definition) is 5. The summed E-state index contributed by atoms with van der Waals surface area (Å²) in [4.78, 5) is 8.77. The fourth-order valence-electron chi connectivity index (χ4n) is 2.00. The number of benzene rings is 1. The second-order valence-corrected chi connectivity index (χ2v) is 4.84. The lowest BCUT2D eigenvalue weighted by molar-refractivity contribution is 0.372. The fourth-order valence-corrected chi connectivity index (χ4v) is 2.00. The zero-order valence-electron chi connectivity index (χ0n) is 13.2. The molecule has 21 heavy (non-hydrogen) atoms. The van der Waals surface area contributed by atoms with Crippen molar-refractivity contribution in [3.8, 4) is 17.4 Å². The Kier molecular flexibility index (Phi) is 4.62. The van der Waals surface area contributed by atoms with E-state index in [1.807, 2.05) is 45.9 Å². The number of methoxy groups -OCH3 is 1. The predicted octanol–water partition coefficient (Wildman–Crippen LogP) is 3.63. The normalized spacial score (nSPS) is 10.3. The van der Waals surface area contributed by atoms with Gasteiger partial charge in [-0.2, -0.15) is 4.98 Å². The maximum atomic E-state index is 5.94. The Bertz CT molecular complexity index is 642. The number of hydrogen-bond donors (Lipinski definition) is 1. The quantitative estimate of drug-likeness (QED) is 0.910. The second kappa shape index (κ2) is 6.43. The minimum absolute atomic E-state index is 0.542. The molecule has 1 aromatic heterocycles. The van der Waals surface area contributed by atoms with Gasteiger partial charge in [-0.15, -0.1) is 0 Å². The molecule has 1 aromatic carbocycles. The van der Waals surface area contributed by atoms with Crippen LogP contribution in [0.15, 0.2) is 18.2 Å². The molecular weight excluding hydrogens is 266 g/mol. The number of anilines is 1. The van der Waals surface area contributed by atoms with Crippen LogP contribution in [0, 0.1) is 20.8 Å². The second-order valence-electron chi connectivity index (χ2n) is 4.84. The first kappa shape index (κ1) is 15.1. The minimum Gasteiger partial charge on any atom is -0.493 e. The highest BCUT2D eigenvalue weighted by Gasteiger charge is 2.13. The van der Waals surface area contributed by atoms with Gasteiger partial charge in [0.25, 0.3) is 0 Å². The molecule has 2 aromatic rings. The summed E-state index contributed by atoms with van der Waals surface area (Å²) in [7, 11) is 1.63. The number of ether oxygens (including phenoxy) is 2. The summed E-state index contributed by atoms with van der Waals surface area (Å²) >= 11 is 0. The van der Waals surface area contributed by atoms with E-state index in [0.29, 0.717) is 23.2 Å². The molecule has 0 saturated carbocycles. The van der Waals surface area contributed by atoms with Crippen LogP contribution in [0.1, 0.15) is 23.9 Å². The van der Waals surface area contributed by atoms with Gasteiger partial charge in [0, 0.05) is 6.54 Å². The van der Waals surface area contributed by atoms with Crippen molar-refractivity contribution in [3.05, 3.63) is 35.2 Å². The van der Waals surface area contributed by atoms with Crippen molar-refractivity contribution in [2.75, 3.05) is 19.0 Å². The van der Waals surface area contributed by atoms with E-state index < -0.39 is 0 Å². The minimum atomic E-state index is 0.542. The van der Waals surface area contributed by atoms with Crippen LogP contribution in [0.3, 0.4) is 0 Å². The zero-order chi connectivity index (χ0) is 15.4. The van der Waals surface area contributed by atoms with Gasteiger partial charge in [0.05, 0.1) is 12.7 Å². The molecule has 0 aliphatic carbocycles. The third-order valence-electron chi connectivity index (χ3n) is 3.08. The largest absolute Gasteiger partial charge is 0.493 e. The molecule has 5 nitrogen and oxygen atoms in total. The first-order valence-electron chi connectivity index (χ1n) is 6.96. The molecular formula is C16H21N3O2. The number of aromatic nitrogens is 2. The molecule has 1 heterocycles. The molecule has 0 aliphatic rings. The standard InChI is InChI=1S/C16H21N3O2/c1-6-17-15-11(3)16(19-12(4)18-15)21-13-8-7-10(2)9-14(13)20-5/h7-9H,6H2,1-5H3,(H,17,18,19). The highest BCUT2D eigenvalue weighted by molar-refractivity contribution is 5.51. The van der Waals surface area contributed by atoms with Crippen molar-refractivity contribution in [2.45, 2.75) is 27.7 Å². The van der Waals surface area contributed by atoms with Crippen LogP contribution < -0.4 is 14.8 Å². The lowest BCUT2D eigenvalue weighted by Crippen LogP contribution is -2.06. The van der Waals surface area contributed by atoms with Crippen LogP contribution in [-0.2, 0) is 0 Å². The maximum absolute atomic E-state index is 5.94. The van der Waals surface area contributed by atoms with Crippen LogP contribution in [0.2, 0.25) is 0 Å². The lowest BCUT2D eigenvalue weighted by Gasteiger charge is -2.14. The zero-order valence-corrected chi connectivity index (χ0v) is 13.2. The van der Waals surface area contributed by atoms with E-state index in [2.05, 4.69) is 15.3 Å². The SMILES string of the molecule is CCNc1nc(C)nc(Oc2ccc(C)cc2OC)c1C. The van der Waals surface area contributed by atoms with Crippen molar-refractivity contribution in [2.24, 2.45) is 0 Å². The Balaban J connectivity index is 2.39. The molecule has 0 saturated heterocycles. The molecule has 0 spiro atoms. The summed E-state index contributed by atoms with van der Waals surface area (Å²) in [5, 5.41) is 3.22. The molecule has 1 N–H and O–H groups in total. The van der Waals surface area contributed by atoms with Gasteiger partial charge in [0.1, 0.15) is 11.6 Å². The van der Waals surface area contributed by atoms with Crippen molar-refractivity contribution in [3.63, 3.8) is 0 Å². The van der Waals surface area contributed by atoms with E-state index in [1.54, 1.807) is 7.11 Å². The van der Waals surface area contributed by atoms with Gasteiger partial charge in [0.15, 0.2) is 11.5 Å². The summed E-state index contributed by atoms with van der Waals surface area (Å²) in [5.74, 6) is 3.34. The smallest absolute Gasteiger partial charge is 0.227 e. The summed E-state index contributed by atoms with van der Waals surface area (Å²) < 4.78 is 11.3. The first-order valence-corrected chi connectivity index (χ1v) is 6.96. The highest BCUT2D eigenvalue weighted by Crippen LogP contribution is 2.34. The van der Waals surface area contributed by atoms with Crippen LogP contribution in [0.4, 0.5) is 5.82 Å². The molecule has 112 valence electrons. The number of aryl methyl sites for hydroxylation is 2. The Morgan fingerprint density at radius 2 is 1.86 bits per heavy atom. The van der Waals surface area contributed by atoms with Crippen LogP contribution in [0.25, 0.3) is 0 Å². The van der Waals surface area contributed by atoms with Gasteiger partial charge in [0.2, 0.25) is 5.88 Å². The lowest BCUT2D eigenvalue weighted by atomic mass is 10.2. The molecule has 0 fully saturated rings. The Morgan fingerprint density at radius 1 is 1.10 bits per heavy atom.